The van der Waals surface area contributed by atoms with E-state index in [1.165, 1.54) is 38.9 Å². The Balaban J connectivity index is 1.87. The van der Waals surface area contributed by atoms with Crippen LogP contribution in [0.5, 0.6) is 0 Å². The Kier molecular flexibility index (Phi) is 2.13. The summed E-state index contributed by atoms with van der Waals surface area (Å²) in [6.07, 6.45) is 8.45. The largest absolute Gasteiger partial charge is 0.374 e. The van der Waals surface area contributed by atoms with Crippen LogP contribution in [0.25, 0.3) is 0 Å². The summed E-state index contributed by atoms with van der Waals surface area (Å²) in [5.41, 5.74) is 0. The predicted octanol–water partition coefficient (Wildman–Crippen LogP) is 0.958. The van der Waals surface area contributed by atoms with Crippen LogP contribution in [0.3, 0.4) is 0 Å². The molecule has 0 aromatic carbocycles. The smallest absolute Gasteiger partial charge is 0.0308 e. The van der Waals surface area contributed by atoms with E-state index in [0.29, 0.717) is 0 Å². The van der Waals surface area contributed by atoms with Gasteiger partial charge in [0, 0.05) is 12.6 Å². The summed E-state index contributed by atoms with van der Waals surface area (Å²) in [7, 11) is 0. The molecular formula is C9H16N2. The number of hydrogen-bond donors (Lipinski definition) is 1. The maximum Gasteiger partial charge on any atom is 0.0308 e. The first-order valence-corrected chi connectivity index (χ1v) is 4.60. The standard InChI is InChI=1S/C9H16N2/c1-2-8-11(7-1)9-3-5-10-6-4-9/h1,7,9-10H,2-6,8H2. The predicted molar refractivity (Wildman–Crippen MR) is 46.4 cm³/mol. The lowest BCUT2D eigenvalue weighted by molar-refractivity contribution is 0.240. The number of hydrogen-bond acceptors (Lipinski definition) is 2. The van der Waals surface area contributed by atoms with Crippen LogP contribution in [0.1, 0.15) is 19.3 Å². The first-order valence-electron chi connectivity index (χ1n) is 4.60. The van der Waals surface area contributed by atoms with E-state index >= 15 is 0 Å². The molecule has 0 bridgehead atoms. The number of nitrogens with zero attached hydrogens (tertiary/aromatic N) is 1. The Morgan fingerprint density at radius 2 is 2.09 bits per heavy atom. The molecule has 2 heteroatoms. The van der Waals surface area contributed by atoms with Crippen molar-refractivity contribution in [2.45, 2.75) is 25.3 Å². The van der Waals surface area contributed by atoms with E-state index in [0.717, 1.165) is 6.04 Å². The van der Waals surface area contributed by atoms with E-state index in [1.807, 2.05) is 0 Å². The average Bonchev–Trinajstić information content (AvgIpc) is 2.58. The van der Waals surface area contributed by atoms with E-state index in [4.69, 9.17) is 0 Å². The number of nitrogens with one attached hydrogen (secondary N) is 1. The van der Waals surface area contributed by atoms with Crippen molar-refractivity contribution < 1.29 is 0 Å². The highest BCUT2D eigenvalue weighted by Gasteiger charge is 2.19. The zero-order valence-electron chi connectivity index (χ0n) is 6.92. The molecule has 0 atom stereocenters. The molecule has 1 fully saturated rings. The quantitative estimate of drug-likeness (QED) is 0.602. The molecule has 2 nitrogen and oxygen atoms in total. The minimum absolute atomic E-state index is 0.829. The van der Waals surface area contributed by atoms with Crippen LogP contribution in [-0.4, -0.2) is 30.6 Å². The highest BCUT2D eigenvalue weighted by atomic mass is 15.2. The fourth-order valence-electron chi connectivity index (χ4n) is 1.95. The Morgan fingerprint density at radius 1 is 1.27 bits per heavy atom. The van der Waals surface area contributed by atoms with Crippen LogP contribution in [0, 0.1) is 0 Å². The van der Waals surface area contributed by atoms with E-state index in [2.05, 4.69) is 22.5 Å². The van der Waals surface area contributed by atoms with Gasteiger partial charge in [-0.05, 0) is 38.6 Å². The second-order valence-electron chi connectivity index (χ2n) is 3.39. The maximum atomic E-state index is 3.39. The maximum absolute atomic E-state index is 3.39. The van der Waals surface area contributed by atoms with Crippen molar-refractivity contribution in [1.82, 2.24) is 10.2 Å². The molecule has 0 spiro atoms. The molecule has 2 rings (SSSR count). The third-order valence-corrected chi connectivity index (χ3v) is 2.63. The molecule has 0 unspecified atom stereocenters. The summed E-state index contributed by atoms with van der Waals surface area (Å²) in [6.45, 7) is 3.66. The number of rotatable bonds is 1. The SMILES string of the molecule is C1=CN(C2CCNCC2)CC1. The second kappa shape index (κ2) is 3.26. The summed E-state index contributed by atoms with van der Waals surface area (Å²) < 4.78 is 0. The van der Waals surface area contributed by atoms with Crippen LogP contribution < -0.4 is 5.32 Å². The zero-order valence-corrected chi connectivity index (χ0v) is 6.92. The van der Waals surface area contributed by atoms with Gasteiger partial charge in [-0.2, -0.15) is 0 Å². The fraction of sp³-hybridized carbons (Fsp3) is 0.778. The van der Waals surface area contributed by atoms with Crippen LogP contribution in [0.15, 0.2) is 12.3 Å². The van der Waals surface area contributed by atoms with Crippen LogP contribution in [-0.2, 0) is 0 Å². The van der Waals surface area contributed by atoms with Gasteiger partial charge in [-0.3, -0.25) is 0 Å². The monoisotopic (exact) mass is 152 g/mol. The molecule has 2 aliphatic heterocycles. The van der Waals surface area contributed by atoms with Gasteiger partial charge in [-0.25, -0.2) is 0 Å². The lowest BCUT2D eigenvalue weighted by Crippen LogP contribution is -2.39. The van der Waals surface area contributed by atoms with Crippen molar-refractivity contribution in [3.8, 4) is 0 Å². The summed E-state index contributed by atoms with van der Waals surface area (Å²) >= 11 is 0. The summed E-state index contributed by atoms with van der Waals surface area (Å²) in [5, 5.41) is 3.39. The van der Waals surface area contributed by atoms with Gasteiger partial charge in [-0.1, -0.05) is 6.08 Å². The number of piperidine rings is 1. The van der Waals surface area contributed by atoms with Crippen molar-refractivity contribution in [2.75, 3.05) is 19.6 Å². The second-order valence-corrected chi connectivity index (χ2v) is 3.39. The molecule has 2 heterocycles. The first kappa shape index (κ1) is 7.17. The summed E-state index contributed by atoms with van der Waals surface area (Å²) in [6, 6.07) is 0.829. The minimum atomic E-state index is 0.829. The normalized spacial score (nSPS) is 26.4. The molecule has 11 heavy (non-hydrogen) atoms. The van der Waals surface area contributed by atoms with Gasteiger partial charge in [0.1, 0.15) is 0 Å². The topological polar surface area (TPSA) is 15.3 Å². The molecule has 1 N–H and O–H groups in total. The fourth-order valence-corrected chi connectivity index (χ4v) is 1.95. The Morgan fingerprint density at radius 3 is 2.73 bits per heavy atom. The zero-order chi connectivity index (χ0) is 7.52. The molecule has 0 amide bonds. The molecule has 0 aromatic heterocycles. The van der Waals surface area contributed by atoms with Gasteiger partial charge in [0.25, 0.3) is 0 Å². The molecule has 2 aliphatic rings. The lowest BCUT2D eigenvalue weighted by atomic mass is 10.1. The molecule has 0 aliphatic carbocycles. The van der Waals surface area contributed by atoms with E-state index in [9.17, 15) is 0 Å². The highest BCUT2D eigenvalue weighted by Crippen LogP contribution is 2.16. The average molecular weight is 152 g/mol. The van der Waals surface area contributed by atoms with Crippen molar-refractivity contribution in [2.24, 2.45) is 0 Å². The van der Waals surface area contributed by atoms with Crippen LogP contribution in [0.4, 0.5) is 0 Å². The molecule has 62 valence electrons. The molecule has 0 radical (unpaired) electrons. The van der Waals surface area contributed by atoms with E-state index < -0.39 is 0 Å². The van der Waals surface area contributed by atoms with E-state index in [-0.39, 0.29) is 0 Å². The third kappa shape index (κ3) is 1.56. The van der Waals surface area contributed by atoms with E-state index in [1.54, 1.807) is 0 Å². The first-order chi connectivity index (χ1) is 5.47. The minimum Gasteiger partial charge on any atom is -0.374 e. The Bertz CT molecular complexity index is 148. The van der Waals surface area contributed by atoms with Crippen molar-refractivity contribution >= 4 is 0 Å². The molecule has 1 saturated heterocycles. The highest BCUT2D eigenvalue weighted by molar-refractivity contribution is 4.95. The summed E-state index contributed by atoms with van der Waals surface area (Å²) in [5.74, 6) is 0. The van der Waals surface area contributed by atoms with Crippen molar-refractivity contribution in [1.29, 1.82) is 0 Å². The van der Waals surface area contributed by atoms with Gasteiger partial charge in [0.15, 0.2) is 0 Å². The van der Waals surface area contributed by atoms with Crippen molar-refractivity contribution in [3.63, 3.8) is 0 Å². The molecule has 0 aromatic rings. The Labute approximate surface area is 68.3 Å². The van der Waals surface area contributed by atoms with Gasteiger partial charge < -0.3 is 10.2 Å². The van der Waals surface area contributed by atoms with Gasteiger partial charge in [0.05, 0.1) is 0 Å². The van der Waals surface area contributed by atoms with Crippen molar-refractivity contribution in [3.05, 3.63) is 12.3 Å². The van der Waals surface area contributed by atoms with Gasteiger partial charge in [-0.15, -0.1) is 0 Å². The lowest BCUT2D eigenvalue weighted by Gasteiger charge is -2.31. The van der Waals surface area contributed by atoms with Crippen LogP contribution in [0.2, 0.25) is 0 Å². The van der Waals surface area contributed by atoms with Gasteiger partial charge >= 0.3 is 0 Å². The Hall–Kier alpha value is -0.500. The molecule has 0 saturated carbocycles. The summed E-state index contributed by atoms with van der Waals surface area (Å²) in [4.78, 5) is 2.50. The molecular weight excluding hydrogens is 136 g/mol. The van der Waals surface area contributed by atoms with Gasteiger partial charge in [0.2, 0.25) is 0 Å². The third-order valence-electron chi connectivity index (χ3n) is 2.63. The van der Waals surface area contributed by atoms with Crippen LogP contribution >= 0.6 is 0 Å².